The first-order valence-corrected chi connectivity index (χ1v) is 12.7. The minimum Gasteiger partial charge on any atom is -0.494 e. The van der Waals surface area contributed by atoms with Gasteiger partial charge in [-0.1, -0.05) is 0 Å². The standard InChI is InChI=1S/C27H31N3O3S/c1-21-29-27(26(34-21)20-30-13-17-31-18-14-30)23-7-11-25(12-8-23)33-16-4-2-3-15-32-24-9-5-22(19-28)6-10-24/h5-12H,2-4,13-18,20H2,1H3. The van der Waals surface area contributed by atoms with Gasteiger partial charge in [0.25, 0.3) is 0 Å². The third-order valence-electron chi connectivity index (χ3n) is 5.71. The van der Waals surface area contributed by atoms with Crippen LogP contribution in [0.4, 0.5) is 0 Å². The number of unbranched alkanes of at least 4 members (excludes halogenated alkanes) is 2. The highest BCUT2D eigenvalue weighted by Crippen LogP contribution is 2.30. The van der Waals surface area contributed by atoms with Crippen molar-refractivity contribution in [1.82, 2.24) is 9.88 Å². The Kier molecular flexibility index (Phi) is 8.91. The predicted molar refractivity (Wildman–Crippen MR) is 134 cm³/mol. The van der Waals surface area contributed by atoms with Crippen molar-refractivity contribution in [1.29, 1.82) is 5.26 Å². The number of morpholine rings is 1. The highest BCUT2D eigenvalue weighted by Gasteiger charge is 2.17. The zero-order valence-corrected chi connectivity index (χ0v) is 20.5. The molecule has 34 heavy (non-hydrogen) atoms. The number of benzene rings is 2. The minimum absolute atomic E-state index is 0.646. The third-order valence-corrected chi connectivity index (χ3v) is 6.67. The maximum absolute atomic E-state index is 8.83. The lowest BCUT2D eigenvalue weighted by Crippen LogP contribution is -2.35. The van der Waals surface area contributed by atoms with Gasteiger partial charge in [0.2, 0.25) is 0 Å². The maximum atomic E-state index is 8.83. The van der Waals surface area contributed by atoms with Crippen LogP contribution in [0, 0.1) is 18.3 Å². The van der Waals surface area contributed by atoms with E-state index >= 15 is 0 Å². The molecule has 1 aliphatic heterocycles. The van der Waals surface area contributed by atoms with Crippen molar-refractivity contribution in [2.75, 3.05) is 39.5 Å². The van der Waals surface area contributed by atoms with E-state index < -0.39 is 0 Å². The van der Waals surface area contributed by atoms with Gasteiger partial charge in [-0.15, -0.1) is 11.3 Å². The second-order valence-corrected chi connectivity index (χ2v) is 9.60. The van der Waals surface area contributed by atoms with Crippen LogP contribution in [0.5, 0.6) is 11.5 Å². The summed E-state index contributed by atoms with van der Waals surface area (Å²) in [6.45, 7) is 7.93. The fraction of sp³-hybridized carbons (Fsp3) is 0.407. The molecular weight excluding hydrogens is 446 g/mol. The van der Waals surface area contributed by atoms with E-state index in [9.17, 15) is 0 Å². The van der Waals surface area contributed by atoms with Crippen LogP contribution in [0.2, 0.25) is 0 Å². The number of aryl methyl sites for hydroxylation is 1. The summed E-state index contributed by atoms with van der Waals surface area (Å²) in [5.41, 5.74) is 2.87. The molecule has 7 heteroatoms. The van der Waals surface area contributed by atoms with Crippen molar-refractivity contribution in [3.8, 4) is 28.8 Å². The Bertz CT molecular complexity index is 1070. The quantitative estimate of drug-likeness (QED) is 0.342. The first kappa shape index (κ1) is 24.2. The molecule has 1 aromatic heterocycles. The highest BCUT2D eigenvalue weighted by atomic mass is 32.1. The number of nitrogens with zero attached hydrogens (tertiary/aromatic N) is 3. The molecule has 2 aromatic carbocycles. The molecule has 6 nitrogen and oxygen atoms in total. The molecule has 0 aliphatic carbocycles. The summed E-state index contributed by atoms with van der Waals surface area (Å²) in [5, 5.41) is 9.93. The third kappa shape index (κ3) is 7.04. The maximum Gasteiger partial charge on any atom is 0.119 e. The van der Waals surface area contributed by atoms with Crippen LogP contribution in [0.3, 0.4) is 0 Å². The smallest absolute Gasteiger partial charge is 0.119 e. The van der Waals surface area contributed by atoms with Gasteiger partial charge < -0.3 is 14.2 Å². The van der Waals surface area contributed by atoms with E-state index in [0.717, 1.165) is 79.9 Å². The summed E-state index contributed by atoms with van der Waals surface area (Å²) >= 11 is 1.78. The second kappa shape index (κ2) is 12.5. The van der Waals surface area contributed by atoms with Crippen molar-refractivity contribution in [2.45, 2.75) is 32.7 Å². The lowest BCUT2D eigenvalue weighted by atomic mass is 10.1. The Balaban J connectivity index is 1.18. The molecule has 4 rings (SSSR count). The molecule has 178 valence electrons. The van der Waals surface area contributed by atoms with Crippen LogP contribution in [0.25, 0.3) is 11.3 Å². The summed E-state index contributed by atoms with van der Waals surface area (Å²) in [6, 6.07) is 17.6. The Morgan fingerprint density at radius 2 is 1.56 bits per heavy atom. The molecule has 0 spiro atoms. The van der Waals surface area contributed by atoms with Crippen molar-refractivity contribution in [3.05, 3.63) is 64.0 Å². The van der Waals surface area contributed by atoms with Gasteiger partial charge in [0.1, 0.15) is 11.5 Å². The number of rotatable bonds is 11. The monoisotopic (exact) mass is 477 g/mol. The molecule has 3 aromatic rings. The van der Waals surface area contributed by atoms with E-state index in [1.54, 1.807) is 23.5 Å². The van der Waals surface area contributed by atoms with Crippen LogP contribution < -0.4 is 9.47 Å². The van der Waals surface area contributed by atoms with E-state index in [-0.39, 0.29) is 0 Å². The summed E-state index contributed by atoms with van der Waals surface area (Å²) in [4.78, 5) is 8.56. The van der Waals surface area contributed by atoms with E-state index in [1.165, 1.54) is 4.88 Å². The number of thiazole rings is 1. The molecule has 0 saturated carbocycles. The first-order chi connectivity index (χ1) is 16.7. The van der Waals surface area contributed by atoms with Gasteiger partial charge in [-0.25, -0.2) is 4.98 Å². The fourth-order valence-corrected chi connectivity index (χ4v) is 4.86. The number of hydrogen-bond acceptors (Lipinski definition) is 7. The van der Waals surface area contributed by atoms with E-state index in [0.29, 0.717) is 18.8 Å². The molecule has 1 aliphatic rings. The Morgan fingerprint density at radius 1 is 0.941 bits per heavy atom. The predicted octanol–water partition coefficient (Wildman–Crippen LogP) is 5.45. The van der Waals surface area contributed by atoms with Gasteiger partial charge in [0.15, 0.2) is 0 Å². The van der Waals surface area contributed by atoms with Crippen LogP contribution in [0.15, 0.2) is 48.5 Å². The zero-order valence-electron chi connectivity index (χ0n) is 19.7. The fourth-order valence-electron chi connectivity index (χ4n) is 3.86. The molecule has 2 heterocycles. The molecule has 1 fully saturated rings. The molecule has 0 bridgehead atoms. The average Bonchev–Trinajstić information content (AvgIpc) is 3.24. The molecular formula is C27H31N3O3S. The van der Waals surface area contributed by atoms with E-state index in [4.69, 9.17) is 24.5 Å². The molecule has 0 amide bonds. The SMILES string of the molecule is Cc1nc(-c2ccc(OCCCCCOc3ccc(C#N)cc3)cc2)c(CN2CCOCC2)s1. The first-order valence-electron chi connectivity index (χ1n) is 11.8. The second-order valence-electron chi connectivity index (χ2n) is 8.31. The van der Waals surface area contributed by atoms with Crippen LogP contribution in [-0.2, 0) is 11.3 Å². The van der Waals surface area contributed by atoms with E-state index in [1.807, 2.05) is 24.3 Å². The van der Waals surface area contributed by atoms with Gasteiger partial charge in [0, 0.05) is 30.1 Å². The van der Waals surface area contributed by atoms with Crippen molar-refractivity contribution >= 4 is 11.3 Å². The molecule has 0 N–H and O–H groups in total. The summed E-state index contributed by atoms with van der Waals surface area (Å²) in [6.07, 6.45) is 2.99. The highest BCUT2D eigenvalue weighted by molar-refractivity contribution is 7.12. The summed E-state index contributed by atoms with van der Waals surface area (Å²) in [7, 11) is 0. The topological polar surface area (TPSA) is 67.6 Å². The normalized spacial score (nSPS) is 14.0. The van der Waals surface area contributed by atoms with Crippen molar-refractivity contribution in [2.24, 2.45) is 0 Å². The number of nitriles is 1. The summed E-state index contributed by atoms with van der Waals surface area (Å²) < 4.78 is 17.1. The molecule has 1 saturated heterocycles. The zero-order chi connectivity index (χ0) is 23.6. The average molecular weight is 478 g/mol. The Labute approximate surface area is 205 Å². The molecule has 0 radical (unpaired) electrons. The van der Waals surface area contributed by atoms with Crippen LogP contribution in [-0.4, -0.2) is 49.4 Å². The van der Waals surface area contributed by atoms with Crippen molar-refractivity contribution < 1.29 is 14.2 Å². The van der Waals surface area contributed by atoms with Gasteiger partial charge in [-0.05, 0) is 74.7 Å². The number of aromatic nitrogens is 1. The molecule has 0 unspecified atom stereocenters. The number of hydrogen-bond donors (Lipinski definition) is 0. The largest absolute Gasteiger partial charge is 0.494 e. The van der Waals surface area contributed by atoms with Gasteiger partial charge >= 0.3 is 0 Å². The van der Waals surface area contributed by atoms with E-state index in [2.05, 4.69) is 30.0 Å². The van der Waals surface area contributed by atoms with Gasteiger partial charge in [-0.3, -0.25) is 4.90 Å². The van der Waals surface area contributed by atoms with Crippen LogP contribution in [0.1, 0.15) is 34.7 Å². The lowest BCUT2D eigenvalue weighted by Gasteiger charge is -2.26. The van der Waals surface area contributed by atoms with Gasteiger partial charge in [0.05, 0.1) is 48.8 Å². The Hall–Kier alpha value is -2.92. The minimum atomic E-state index is 0.646. The number of ether oxygens (including phenoxy) is 3. The van der Waals surface area contributed by atoms with Crippen molar-refractivity contribution in [3.63, 3.8) is 0 Å². The van der Waals surface area contributed by atoms with Gasteiger partial charge in [-0.2, -0.15) is 5.26 Å². The molecule has 0 atom stereocenters. The lowest BCUT2D eigenvalue weighted by molar-refractivity contribution is 0.0347. The summed E-state index contributed by atoms with van der Waals surface area (Å²) in [5.74, 6) is 1.69. The van der Waals surface area contributed by atoms with Crippen LogP contribution >= 0.6 is 11.3 Å². The Morgan fingerprint density at radius 3 is 2.18 bits per heavy atom.